The molecule has 1 aliphatic rings. The van der Waals surface area contributed by atoms with Crippen molar-refractivity contribution in [3.8, 4) is 0 Å². The molecule has 0 saturated carbocycles. The van der Waals surface area contributed by atoms with E-state index >= 15 is 0 Å². The fraction of sp³-hybridized carbons (Fsp3) is 0.778. The predicted octanol–water partition coefficient (Wildman–Crippen LogP) is -0.0884. The molecule has 0 aliphatic carbocycles. The van der Waals surface area contributed by atoms with Crippen molar-refractivity contribution >= 4 is 11.9 Å². The number of carbonyl (C=O) groups excluding carboxylic acids is 2. The topological polar surface area (TPSA) is 75.4 Å². The molecule has 1 unspecified atom stereocenters. The van der Waals surface area contributed by atoms with Crippen molar-refractivity contribution in [1.82, 2.24) is 10.2 Å². The summed E-state index contributed by atoms with van der Waals surface area (Å²) in [7, 11) is 0. The van der Waals surface area contributed by atoms with E-state index in [9.17, 15) is 9.59 Å². The van der Waals surface area contributed by atoms with Gasteiger partial charge in [-0.2, -0.15) is 0 Å². The number of imide groups is 1. The van der Waals surface area contributed by atoms with Gasteiger partial charge >= 0.3 is 6.03 Å². The third-order valence-electron chi connectivity index (χ3n) is 2.43. The normalized spacial score (nSPS) is 19.9. The zero-order valence-electron chi connectivity index (χ0n) is 8.83. The quantitative estimate of drug-likeness (QED) is 0.610. The Labute approximate surface area is 83.6 Å². The first kappa shape index (κ1) is 11.0. The lowest BCUT2D eigenvalue weighted by atomic mass is 9.87. The monoisotopic (exact) mass is 199 g/mol. The molecule has 3 N–H and O–H groups in total. The lowest BCUT2D eigenvalue weighted by Gasteiger charge is -2.29. The first-order valence-electron chi connectivity index (χ1n) is 4.66. The van der Waals surface area contributed by atoms with Crippen LogP contribution >= 0.6 is 0 Å². The van der Waals surface area contributed by atoms with E-state index in [4.69, 9.17) is 5.73 Å². The van der Waals surface area contributed by atoms with E-state index in [-0.39, 0.29) is 36.5 Å². The van der Waals surface area contributed by atoms with Gasteiger partial charge in [0.2, 0.25) is 5.91 Å². The van der Waals surface area contributed by atoms with E-state index < -0.39 is 0 Å². The minimum atomic E-state index is -0.338. The summed E-state index contributed by atoms with van der Waals surface area (Å²) in [6.07, 6.45) is 0. The number of nitrogens with one attached hydrogen (secondary N) is 1. The van der Waals surface area contributed by atoms with Crippen LogP contribution in [-0.4, -0.2) is 36.0 Å². The van der Waals surface area contributed by atoms with Gasteiger partial charge in [-0.15, -0.1) is 0 Å². The van der Waals surface area contributed by atoms with Crippen LogP contribution < -0.4 is 11.1 Å². The van der Waals surface area contributed by atoms with Crippen molar-refractivity contribution in [2.75, 3.05) is 13.1 Å². The Morgan fingerprint density at radius 3 is 2.43 bits per heavy atom. The van der Waals surface area contributed by atoms with Gasteiger partial charge in [0.15, 0.2) is 0 Å². The van der Waals surface area contributed by atoms with Gasteiger partial charge in [-0.3, -0.25) is 9.69 Å². The highest BCUT2D eigenvalue weighted by molar-refractivity contribution is 6.01. The van der Waals surface area contributed by atoms with E-state index in [1.165, 1.54) is 4.90 Å². The molecule has 1 saturated heterocycles. The van der Waals surface area contributed by atoms with Gasteiger partial charge < -0.3 is 11.1 Å². The van der Waals surface area contributed by atoms with Crippen LogP contribution in [0.3, 0.4) is 0 Å². The maximum atomic E-state index is 11.2. The Hall–Kier alpha value is -1.10. The second-order valence-corrected chi connectivity index (χ2v) is 4.64. The summed E-state index contributed by atoms with van der Waals surface area (Å²) in [6.45, 7) is 6.33. The summed E-state index contributed by atoms with van der Waals surface area (Å²) in [6, 6.07) is -0.537. The molecule has 1 heterocycles. The number of nitrogens with zero attached hydrogens (tertiary/aromatic N) is 1. The summed E-state index contributed by atoms with van der Waals surface area (Å²) < 4.78 is 0. The van der Waals surface area contributed by atoms with Crippen LogP contribution in [0.25, 0.3) is 0 Å². The highest BCUT2D eigenvalue weighted by atomic mass is 16.2. The molecule has 5 heteroatoms. The second-order valence-electron chi connectivity index (χ2n) is 4.64. The minimum absolute atomic E-state index is 0.0930. The number of carbonyl (C=O) groups is 2. The van der Waals surface area contributed by atoms with Crippen LogP contribution in [-0.2, 0) is 4.79 Å². The number of amides is 3. The van der Waals surface area contributed by atoms with Crippen molar-refractivity contribution in [3.63, 3.8) is 0 Å². The lowest BCUT2D eigenvalue weighted by molar-refractivity contribution is -0.125. The fourth-order valence-corrected chi connectivity index (χ4v) is 1.11. The lowest BCUT2D eigenvalue weighted by Crippen LogP contribution is -2.47. The Morgan fingerprint density at radius 2 is 2.07 bits per heavy atom. The highest BCUT2D eigenvalue weighted by Crippen LogP contribution is 2.18. The first-order chi connectivity index (χ1) is 6.32. The van der Waals surface area contributed by atoms with E-state index in [1.54, 1.807) is 0 Å². The molecular weight excluding hydrogens is 182 g/mol. The number of hydrogen-bond acceptors (Lipinski definition) is 3. The molecule has 1 aliphatic heterocycles. The Morgan fingerprint density at radius 1 is 1.50 bits per heavy atom. The van der Waals surface area contributed by atoms with Crippen molar-refractivity contribution in [3.05, 3.63) is 0 Å². The Balaban J connectivity index is 2.60. The third kappa shape index (κ3) is 2.23. The van der Waals surface area contributed by atoms with Gasteiger partial charge in [-0.05, 0) is 5.41 Å². The predicted molar refractivity (Wildman–Crippen MR) is 52.5 cm³/mol. The van der Waals surface area contributed by atoms with Gasteiger partial charge in [-0.1, -0.05) is 20.8 Å². The second kappa shape index (κ2) is 3.57. The molecule has 1 rings (SSSR count). The molecule has 3 amide bonds. The first-order valence-corrected chi connectivity index (χ1v) is 4.66. The van der Waals surface area contributed by atoms with Crippen molar-refractivity contribution in [2.45, 2.75) is 26.8 Å². The van der Waals surface area contributed by atoms with Gasteiger partial charge in [0.05, 0.1) is 6.54 Å². The van der Waals surface area contributed by atoms with E-state index in [1.807, 2.05) is 20.8 Å². The third-order valence-corrected chi connectivity index (χ3v) is 2.43. The summed E-state index contributed by atoms with van der Waals surface area (Å²) in [5, 5.41) is 2.46. The molecular formula is C9H17N3O2. The molecule has 0 aromatic carbocycles. The number of hydrogen-bond donors (Lipinski definition) is 2. The highest BCUT2D eigenvalue weighted by Gasteiger charge is 2.32. The molecule has 0 bridgehead atoms. The van der Waals surface area contributed by atoms with E-state index in [2.05, 4.69) is 5.32 Å². The van der Waals surface area contributed by atoms with Crippen LogP contribution in [0.1, 0.15) is 20.8 Å². The molecule has 80 valence electrons. The van der Waals surface area contributed by atoms with Crippen LogP contribution in [0.5, 0.6) is 0 Å². The van der Waals surface area contributed by atoms with Gasteiger partial charge in [0.1, 0.15) is 0 Å². The zero-order valence-corrected chi connectivity index (χ0v) is 8.83. The molecule has 1 atom stereocenters. The average molecular weight is 199 g/mol. The number of urea groups is 1. The van der Waals surface area contributed by atoms with Gasteiger partial charge in [-0.25, -0.2) is 4.79 Å². The van der Waals surface area contributed by atoms with Crippen LogP contribution in [0, 0.1) is 5.41 Å². The maximum absolute atomic E-state index is 11.2. The number of nitrogens with two attached hydrogens (primary N) is 1. The van der Waals surface area contributed by atoms with Crippen molar-refractivity contribution < 1.29 is 9.59 Å². The zero-order chi connectivity index (χ0) is 10.9. The maximum Gasteiger partial charge on any atom is 0.324 e. The molecule has 5 nitrogen and oxygen atoms in total. The van der Waals surface area contributed by atoms with Gasteiger partial charge in [0.25, 0.3) is 0 Å². The molecule has 1 fully saturated rings. The standard InChI is InChI=1S/C9H17N3O2/c1-9(2,3)6(10)5-12-7(13)4-11-8(12)14/h6H,4-5,10H2,1-3H3,(H,11,14). The Bertz CT molecular complexity index is 241. The summed E-state index contributed by atoms with van der Waals surface area (Å²) >= 11 is 0. The molecule has 0 radical (unpaired) electrons. The minimum Gasteiger partial charge on any atom is -0.329 e. The number of rotatable bonds is 2. The molecule has 0 spiro atoms. The smallest absolute Gasteiger partial charge is 0.324 e. The van der Waals surface area contributed by atoms with Crippen molar-refractivity contribution in [1.29, 1.82) is 0 Å². The summed E-state index contributed by atoms with van der Waals surface area (Å²) in [5.41, 5.74) is 5.77. The van der Waals surface area contributed by atoms with E-state index in [0.717, 1.165) is 0 Å². The SMILES string of the molecule is CC(C)(C)C(N)CN1C(=O)CNC1=O. The average Bonchev–Trinajstić information content (AvgIpc) is 2.34. The molecule has 0 aromatic heterocycles. The fourth-order valence-electron chi connectivity index (χ4n) is 1.11. The van der Waals surface area contributed by atoms with Crippen LogP contribution in [0.15, 0.2) is 0 Å². The van der Waals surface area contributed by atoms with Crippen molar-refractivity contribution in [2.24, 2.45) is 11.1 Å². The molecule has 0 aromatic rings. The molecule has 14 heavy (non-hydrogen) atoms. The van der Waals surface area contributed by atoms with Gasteiger partial charge in [0, 0.05) is 12.6 Å². The largest absolute Gasteiger partial charge is 0.329 e. The summed E-state index contributed by atoms with van der Waals surface area (Å²) in [5.74, 6) is -0.199. The van der Waals surface area contributed by atoms with E-state index in [0.29, 0.717) is 0 Å². The van der Waals surface area contributed by atoms with Crippen LogP contribution in [0.2, 0.25) is 0 Å². The van der Waals surface area contributed by atoms with Crippen LogP contribution in [0.4, 0.5) is 4.79 Å². The summed E-state index contributed by atoms with van der Waals surface area (Å²) in [4.78, 5) is 23.6. The Kier molecular flexibility index (Phi) is 2.80.